The van der Waals surface area contributed by atoms with Crippen molar-refractivity contribution in [3.63, 3.8) is 0 Å². The van der Waals surface area contributed by atoms with Gasteiger partial charge < -0.3 is 4.57 Å². The molecule has 0 radical (unpaired) electrons. The second-order valence-corrected chi connectivity index (χ2v) is 6.89. The van der Waals surface area contributed by atoms with Crippen LogP contribution in [0, 0.1) is 10.1 Å². The average Bonchev–Trinajstić information content (AvgIpc) is 2.90. The molecule has 0 fully saturated rings. The summed E-state index contributed by atoms with van der Waals surface area (Å²) in [6, 6.07) is 11.9. The Morgan fingerprint density at radius 3 is 2.58 bits per heavy atom. The maximum absolute atomic E-state index is 12.3. The normalized spacial score (nSPS) is 11.8. The van der Waals surface area contributed by atoms with Gasteiger partial charge in [0.2, 0.25) is 0 Å². The van der Waals surface area contributed by atoms with E-state index in [2.05, 4.69) is 4.99 Å². The first-order valence-corrected chi connectivity index (χ1v) is 9.01. The van der Waals surface area contributed by atoms with Crippen LogP contribution in [0.25, 0.3) is 10.2 Å². The van der Waals surface area contributed by atoms with Crippen molar-refractivity contribution in [2.45, 2.75) is 4.90 Å². The van der Waals surface area contributed by atoms with E-state index in [9.17, 15) is 14.9 Å². The molecule has 0 bridgehead atoms. The van der Waals surface area contributed by atoms with Gasteiger partial charge in [-0.05, 0) is 36.6 Å². The fourth-order valence-corrected chi connectivity index (χ4v) is 3.69. The van der Waals surface area contributed by atoms with Crippen LogP contribution in [0.5, 0.6) is 0 Å². The van der Waals surface area contributed by atoms with Crippen molar-refractivity contribution in [2.75, 3.05) is 6.26 Å². The largest absolute Gasteiger partial charge is 0.319 e. The molecule has 1 aromatic heterocycles. The minimum atomic E-state index is -0.436. The van der Waals surface area contributed by atoms with Crippen molar-refractivity contribution in [1.82, 2.24) is 4.57 Å². The summed E-state index contributed by atoms with van der Waals surface area (Å²) in [6.07, 6.45) is 1.97. The van der Waals surface area contributed by atoms with Gasteiger partial charge in [0, 0.05) is 29.6 Å². The summed E-state index contributed by atoms with van der Waals surface area (Å²) in [4.78, 5) is 28.5. The molecular weight excluding hydrogens is 346 g/mol. The Morgan fingerprint density at radius 1 is 1.25 bits per heavy atom. The number of thiazole rings is 1. The molecule has 0 unspecified atom stereocenters. The molecule has 6 nitrogen and oxygen atoms in total. The second-order valence-electron chi connectivity index (χ2n) is 5.00. The fraction of sp³-hybridized carbons (Fsp3) is 0.125. The quantitative estimate of drug-likeness (QED) is 0.407. The summed E-state index contributed by atoms with van der Waals surface area (Å²) in [5.74, 6) is -0.334. The number of benzene rings is 2. The van der Waals surface area contributed by atoms with Crippen molar-refractivity contribution in [2.24, 2.45) is 12.0 Å². The van der Waals surface area contributed by atoms with Gasteiger partial charge >= 0.3 is 0 Å². The first-order valence-electron chi connectivity index (χ1n) is 6.96. The zero-order valence-electron chi connectivity index (χ0n) is 12.9. The fourth-order valence-electron chi connectivity index (χ4n) is 2.23. The number of amides is 1. The van der Waals surface area contributed by atoms with Crippen molar-refractivity contribution in [1.29, 1.82) is 0 Å². The molecule has 0 aliphatic rings. The van der Waals surface area contributed by atoms with Gasteiger partial charge in [0.1, 0.15) is 0 Å². The first-order chi connectivity index (χ1) is 11.5. The molecule has 24 heavy (non-hydrogen) atoms. The molecule has 0 aliphatic carbocycles. The van der Waals surface area contributed by atoms with Crippen LogP contribution in [0.15, 0.2) is 52.4 Å². The van der Waals surface area contributed by atoms with E-state index in [0.29, 0.717) is 10.4 Å². The van der Waals surface area contributed by atoms with E-state index in [0.717, 1.165) is 15.1 Å². The smallest absolute Gasteiger partial charge is 0.279 e. The van der Waals surface area contributed by atoms with E-state index in [1.54, 1.807) is 41.6 Å². The molecular formula is C16H13N3O3S2. The SMILES string of the molecule is CSc1ccc(C(=O)N=c2sc3cc([N+](=O)[O-])ccc3n2C)cc1. The standard InChI is InChI=1S/C16H13N3O3S2/c1-18-13-8-5-11(19(21)22)9-14(13)24-16(18)17-15(20)10-3-6-12(23-2)7-4-10/h3-9H,1-2H3. The van der Waals surface area contributed by atoms with Gasteiger partial charge in [-0.3, -0.25) is 14.9 Å². The molecule has 1 amide bonds. The number of non-ortho nitro benzene ring substituents is 1. The van der Waals surface area contributed by atoms with Gasteiger partial charge in [0.05, 0.1) is 15.1 Å². The Bertz CT molecular complexity index is 1000. The highest BCUT2D eigenvalue weighted by Gasteiger charge is 2.11. The number of hydrogen-bond donors (Lipinski definition) is 0. The van der Waals surface area contributed by atoms with Crippen LogP contribution >= 0.6 is 23.1 Å². The number of carbonyl (C=O) groups excluding carboxylic acids is 1. The van der Waals surface area contributed by atoms with Crippen LogP contribution < -0.4 is 4.80 Å². The summed E-state index contributed by atoms with van der Waals surface area (Å²) >= 11 is 2.86. The number of thioether (sulfide) groups is 1. The highest BCUT2D eigenvalue weighted by atomic mass is 32.2. The third-order valence-corrected chi connectivity index (χ3v) is 5.38. The van der Waals surface area contributed by atoms with E-state index in [-0.39, 0.29) is 11.6 Å². The lowest BCUT2D eigenvalue weighted by molar-refractivity contribution is -0.384. The Kier molecular flexibility index (Phi) is 4.50. The van der Waals surface area contributed by atoms with Crippen molar-refractivity contribution in [3.8, 4) is 0 Å². The summed E-state index contributed by atoms with van der Waals surface area (Å²) < 4.78 is 2.48. The van der Waals surface area contributed by atoms with Gasteiger partial charge in [-0.25, -0.2) is 0 Å². The lowest BCUT2D eigenvalue weighted by Crippen LogP contribution is -2.13. The average molecular weight is 359 g/mol. The number of aromatic nitrogens is 1. The lowest BCUT2D eigenvalue weighted by Gasteiger charge is -1.98. The Morgan fingerprint density at radius 2 is 1.96 bits per heavy atom. The molecule has 0 atom stereocenters. The molecule has 0 aliphatic heterocycles. The van der Waals surface area contributed by atoms with Gasteiger partial charge in [0.15, 0.2) is 4.80 Å². The van der Waals surface area contributed by atoms with Crippen LogP contribution in [0.4, 0.5) is 5.69 Å². The predicted molar refractivity (Wildman–Crippen MR) is 95.6 cm³/mol. The minimum absolute atomic E-state index is 0.0230. The van der Waals surface area contributed by atoms with Crippen LogP contribution in [-0.2, 0) is 7.05 Å². The van der Waals surface area contributed by atoms with Crippen LogP contribution in [0.3, 0.4) is 0 Å². The Hall–Kier alpha value is -2.45. The zero-order chi connectivity index (χ0) is 17.3. The minimum Gasteiger partial charge on any atom is -0.319 e. The first kappa shape index (κ1) is 16.4. The Balaban J connectivity index is 2.03. The summed E-state index contributed by atoms with van der Waals surface area (Å²) in [7, 11) is 1.79. The van der Waals surface area contributed by atoms with Crippen LogP contribution in [-0.4, -0.2) is 21.7 Å². The van der Waals surface area contributed by atoms with E-state index in [4.69, 9.17) is 0 Å². The van der Waals surface area contributed by atoms with Crippen molar-refractivity contribution in [3.05, 3.63) is 62.9 Å². The highest BCUT2D eigenvalue weighted by Crippen LogP contribution is 2.22. The van der Waals surface area contributed by atoms with Gasteiger partial charge in [0.25, 0.3) is 11.6 Å². The van der Waals surface area contributed by atoms with E-state index in [1.165, 1.54) is 23.5 Å². The number of aryl methyl sites for hydroxylation is 1. The predicted octanol–water partition coefficient (Wildman–Crippen LogP) is 3.61. The zero-order valence-corrected chi connectivity index (χ0v) is 14.6. The van der Waals surface area contributed by atoms with Crippen LogP contribution in [0.2, 0.25) is 0 Å². The summed E-state index contributed by atoms with van der Waals surface area (Å²) in [6.45, 7) is 0. The van der Waals surface area contributed by atoms with Crippen molar-refractivity contribution >= 4 is 44.9 Å². The molecule has 0 N–H and O–H groups in total. The van der Waals surface area contributed by atoms with Gasteiger partial charge in [-0.1, -0.05) is 11.3 Å². The monoisotopic (exact) mass is 359 g/mol. The van der Waals surface area contributed by atoms with E-state index >= 15 is 0 Å². The van der Waals surface area contributed by atoms with Crippen molar-refractivity contribution < 1.29 is 9.72 Å². The lowest BCUT2D eigenvalue weighted by atomic mass is 10.2. The molecule has 0 spiro atoms. The molecule has 1 heterocycles. The molecule has 122 valence electrons. The van der Waals surface area contributed by atoms with Crippen LogP contribution in [0.1, 0.15) is 10.4 Å². The third-order valence-electron chi connectivity index (χ3n) is 3.54. The Labute approximate surface area is 145 Å². The number of hydrogen-bond acceptors (Lipinski definition) is 5. The third kappa shape index (κ3) is 3.10. The number of nitro benzene ring substituents is 1. The van der Waals surface area contributed by atoms with E-state index in [1.807, 2.05) is 18.4 Å². The van der Waals surface area contributed by atoms with Gasteiger partial charge in [-0.2, -0.15) is 4.99 Å². The number of carbonyl (C=O) groups is 1. The maximum atomic E-state index is 12.3. The molecule has 2 aromatic carbocycles. The summed E-state index contributed by atoms with van der Waals surface area (Å²) in [5, 5.41) is 10.9. The summed E-state index contributed by atoms with van der Waals surface area (Å²) in [5.41, 5.74) is 1.33. The number of fused-ring (bicyclic) bond motifs is 1. The van der Waals surface area contributed by atoms with Gasteiger partial charge in [-0.15, -0.1) is 11.8 Å². The van der Waals surface area contributed by atoms with E-state index < -0.39 is 4.92 Å². The topological polar surface area (TPSA) is 77.5 Å². The number of rotatable bonds is 3. The molecule has 0 saturated heterocycles. The second kappa shape index (κ2) is 6.58. The highest BCUT2D eigenvalue weighted by molar-refractivity contribution is 7.98. The molecule has 3 aromatic rings. The maximum Gasteiger partial charge on any atom is 0.279 e. The molecule has 3 rings (SSSR count). The molecule has 0 saturated carbocycles. The molecule has 8 heteroatoms. The number of nitro groups is 1. The number of nitrogens with zero attached hydrogens (tertiary/aromatic N) is 3.